The highest BCUT2D eigenvalue weighted by molar-refractivity contribution is 5.70. The van der Waals surface area contributed by atoms with E-state index in [4.69, 9.17) is 33.2 Å². The fourth-order valence-electron chi connectivity index (χ4n) is 6.78. The molecule has 61 heavy (non-hydrogen) atoms. The molecule has 12 nitrogen and oxygen atoms in total. The van der Waals surface area contributed by atoms with Gasteiger partial charge in [-0.2, -0.15) is 0 Å². The van der Waals surface area contributed by atoms with Crippen LogP contribution in [-0.2, 0) is 47.5 Å². The fourth-order valence-corrected chi connectivity index (χ4v) is 6.78. The van der Waals surface area contributed by atoms with Crippen molar-refractivity contribution in [3.8, 4) is 0 Å². The second kappa shape index (κ2) is 45.6. The molecule has 0 N–H and O–H groups in total. The van der Waals surface area contributed by atoms with Gasteiger partial charge in [0.2, 0.25) is 0 Å². The Morgan fingerprint density at radius 2 is 0.787 bits per heavy atom. The van der Waals surface area contributed by atoms with Crippen LogP contribution in [0.2, 0.25) is 0 Å². The molecule has 0 spiro atoms. The van der Waals surface area contributed by atoms with Gasteiger partial charge in [-0.05, 0) is 51.6 Å². The van der Waals surface area contributed by atoms with Gasteiger partial charge in [-0.15, -0.1) is 0 Å². The molecular weight excluding hydrogens is 779 g/mol. The molecule has 0 heterocycles. The van der Waals surface area contributed by atoms with Crippen LogP contribution in [0.4, 0.5) is 4.79 Å². The zero-order valence-electron chi connectivity index (χ0n) is 40.0. The normalized spacial score (nSPS) is 11.9. The Kier molecular flexibility index (Phi) is 43.8. The van der Waals surface area contributed by atoms with E-state index in [2.05, 4.69) is 39.5 Å². The van der Waals surface area contributed by atoms with Gasteiger partial charge >= 0.3 is 24.1 Å². The van der Waals surface area contributed by atoms with Gasteiger partial charge in [-0.3, -0.25) is 14.4 Å². The number of esters is 3. The van der Waals surface area contributed by atoms with E-state index >= 15 is 0 Å². The van der Waals surface area contributed by atoms with Gasteiger partial charge in [0.25, 0.3) is 0 Å². The van der Waals surface area contributed by atoms with Gasteiger partial charge < -0.3 is 38.1 Å². The second-order valence-corrected chi connectivity index (χ2v) is 16.5. The highest BCUT2D eigenvalue weighted by Gasteiger charge is 2.20. The summed E-state index contributed by atoms with van der Waals surface area (Å²) < 4.78 is 39.3. The minimum Gasteiger partial charge on any atom is -0.466 e. The molecule has 0 rings (SSSR count). The molecule has 0 aliphatic carbocycles. The van der Waals surface area contributed by atoms with Gasteiger partial charge in [0.15, 0.2) is 6.29 Å². The summed E-state index contributed by atoms with van der Waals surface area (Å²) in [6.45, 7) is 15.1. The third-order valence-electron chi connectivity index (χ3n) is 10.8. The topological polar surface area (TPSA) is 136 Å². The quantitative estimate of drug-likeness (QED) is 0.0249. The van der Waals surface area contributed by atoms with E-state index in [-0.39, 0.29) is 51.2 Å². The van der Waals surface area contributed by atoms with Crippen molar-refractivity contribution in [2.45, 2.75) is 221 Å². The monoisotopic (exact) mass is 872 g/mol. The van der Waals surface area contributed by atoms with Crippen LogP contribution in [0.15, 0.2) is 0 Å². The molecule has 0 saturated heterocycles. The van der Waals surface area contributed by atoms with Crippen LogP contribution in [0, 0.1) is 5.92 Å². The summed E-state index contributed by atoms with van der Waals surface area (Å²) >= 11 is 0. The Hall–Kier alpha value is -2.44. The summed E-state index contributed by atoms with van der Waals surface area (Å²) in [6, 6.07) is 0. The third kappa shape index (κ3) is 41.3. The van der Waals surface area contributed by atoms with Gasteiger partial charge in [0.1, 0.15) is 19.8 Å². The van der Waals surface area contributed by atoms with E-state index < -0.39 is 24.3 Å². The number of ether oxygens (including phenoxy) is 7. The number of unbranched alkanes of at least 4 members (excludes halogenated alkanes) is 19. The summed E-state index contributed by atoms with van der Waals surface area (Å²) in [5.74, 6) is -1.46. The van der Waals surface area contributed by atoms with E-state index in [9.17, 15) is 19.2 Å². The van der Waals surface area contributed by atoms with Crippen molar-refractivity contribution in [3.63, 3.8) is 0 Å². The molecule has 0 fully saturated rings. The number of carbonyl (C=O) groups excluding carboxylic acids is 4. The predicted molar refractivity (Wildman–Crippen MR) is 243 cm³/mol. The molecule has 0 aromatic heterocycles. The molecule has 0 aliphatic rings. The third-order valence-corrected chi connectivity index (χ3v) is 10.8. The fraction of sp³-hybridized carbons (Fsp3) is 0.918. The lowest BCUT2D eigenvalue weighted by atomic mass is 10.1. The number of rotatable bonds is 46. The molecule has 0 aromatic rings. The van der Waals surface area contributed by atoms with Crippen LogP contribution in [-0.4, -0.2) is 101 Å². The summed E-state index contributed by atoms with van der Waals surface area (Å²) in [4.78, 5) is 52.2. The maximum atomic E-state index is 12.9. The number of nitrogens with zero attached hydrogens (tertiary/aromatic N) is 1. The van der Waals surface area contributed by atoms with Crippen molar-refractivity contribution in [1.82, 2.24) is 4.90 Å². The van der Waals surface area contributed by atoms with Crippen LogP contribution in [0.1, 0.15) is 214 Å². The minimum absolute atomic E-state index is 0.0619. The number of hydrogen-bond donors (Lipinski definition) is 0. The van der Waals surface area contributed by atoms with Crippen molar-refractivity contribution in [2.75, 3.05) is 65.9 Å². The molecule has 0 amide bonds. The Labute approximate surface area is 372 Å². The first-order valence-corrected chi connectivity index (χ1v) is 25.0. The average Bonchev–Trinajstić information content (AvgIpc) is 3.26. The van der Waals surface area contributed by atoms with Crippen LogP contribution in [0.5, 0.6) is 0 Å². The maximum absolute atomic E-state index is 12.9. The summed E-state index contributed by atoms with van der Waals surface area (Å²) in [5, 5.41) is 0. The lowest BCUT2D eigenvalue weighted by Crippen LogP contribution is -2.28. The zero-order valence-corrected chi connectivity index (χ0v) is 40.0. The highest BCUT2D eigenvalue weighted by atomic mass is 16.7. The molecule has 0 radical (unpaired) electrons. The van der Waals surface area contributed by atoms with Crippen LogP contribution in [0.25, 0.3) is 0 Å². The highest BCUT2D eigenvalue weighted by Crippen LogP contribution is 2.14. The van der Waals surface area contributed by atoms with Crippen LogP contribution >= 0.6 is 0 Å². The summed E-state index contributed by atoms with van der Waals surface area (Å²) in [7, 11) is 0. The molecule has 0 aliphatic heterocycles. The maximum Gasteiger partial charge on any atom is 0.508 e. The molecule has 1 unspecified atom stereocenters. The van der Waals surface area contributed by atoms with Gasteiger partial charge in [0, 0.05) is 39.0 Å². The molecule has 360 valence electrons. The standard InChI is InChI=1S/C49H93NO11/c1-6-11-14-17-23-28-37-55-45(51)32-26-21-20-22-27-33-46(52)59-41-44(43-61-49(54)58-40-31-36-50(9-4)10-5)42-60-47(53)34-35-48(56-38-29-24-18-15-12-7-2)57-39-30-25-19-16-13-8-3/h44,48H,6-43H2,1-5H3. The van der Waals surface area contributed by atoms with E-state index in [1.165, 1.54) is 77.0 Å². The Balaban J connectivity index is 4.83. The number of carbonyl (C=O) groups is 4. The van der Waals surface area contributed by atoms with Crippen molar-refractivity contribution in [3.05, 3.63) is 0 Å². The summed E-state index contributed by atoms with van der Waals surface area (Å²) in [5.41, 5.74) is 0. The first-order chi connectivity index (χ1) is 29.8. The average molecular weight is 872 g/mol. The molecule has 0 bridgehead atoms. The second-order valence-electron chi connectivity index (χ2n) is 16.5. The lowest BCUT2D eigenvalue weighted by molar-refractivity contribution is -0.161. The Morgan fingerprint density at radius 1 is 0.393 bits per heavy atom. The molecule has 0 saturated carbocycles. The number of hydrogen-bond acceptors (Lipinski definition) is 12. The molecule has 1 atom stereocenters. The lowest BCUT2D eigenvalue weighted by Gasteiger charge is -2.20. The summed E-state index contributed by atoms with van der Waals surface area (Å²) in [6.07, 6.45) is 25.6. The SMILES string of the molecule is CCCCCCCCOC(=O)CCCCCCCC(=O)OCC(COC(=O)CCC(OCCCCCCCC)OCCCCCCCC)COC(=O)OCCCN(CC)CC. The van der Waals surface area contributed by atoms with Crippen LogP contribution < -0.4 is 0 Å². The molecule has 0 aromatic carbocycles. The Bertz CT molecular complexity index is 991. The molecular formula is C49H93NO11. The van der Waals surface area contributed by atoms with E-state index in [1.54, 1.807) is 0 Å². The first kappa shape index (κ1) is 58.6. The van der Waals surface area contributed by atoms with Gasteiger partial charge in [-0.25, -0.2) is 4.79 Å². The zero-order chi connectivity index (χ0) is 44.9. The smallest absolute Gasteiger partial charge is 0.466 e. The first-order valence-electron chi connectivity index (χ1n) is 25.0. The van der Waals surface area contributed by atoms with Crippen molar-refractivity contribution in [2.24, 2.45) is 5.92 Å². The van der Waals surface area contributed by atoms with Crippen molar-refractivity contribution >= 4 is 24.1 Å². The van der Waals surface area contributed by atoms with Crippen molar-refractivity contribution in [1.29, 1.82) is 0 Å². The molecule has 12 heteroatoms. The van der Waals surface area contributed by atoms with Gasteiger partial charge in [0.05, 0.1) is 25.6 Å². The minimum atomic E-state index is -0.805. The largest absolute Gasteiger partial charge is 0.508 e. The van der Waals surface area contributed by atoms with E-state index in [1.807, 2.05) is 0 Å². The van der Waals surface area contributed by atoms with E-state index in [0.29, 0.717) is 45.5 Å². The van der Waals surface area contributed by atoms with Crippen LogP contribution in [0.3, 0.4) is 0 Å². The van der Waals surface area contributed by atoms with Crippen molar-refractivity contribution < 1.29 is 52.3 Å². The van der Waals surface area contributed by atoms with Gasteiger partial charge in [-0.1, -0.05) is 150 Å². The predicted octanol–water partition coefficient (Wildman–Crippen LogP) is 12.1. The van der Waals surface area contributed by atoms with E-state index in [0.717, 1.165) is 83.8 Å². The Morgan fingerprint density at radius 3 is 1.28 bits per heavy atom.